The van der Waals surface area contributed by atoms with Gasteiger partial charge in [-0.05, 0) is 48.5 Å². The van der Waals surface area contributed by atoms with Gasteiger partial charge in [0.1, 0.15) is 0 Å². The van der Waals surface area contributed by atoms with E-state index in [4.69, 9.17) is 0 Å². The molecule has 1 amide bonds. The zero-order chi connectivity index (χ0) is 22.6. The van der Waals surface area contributed by atoms with Crippen LogP contribution in [0.5, 0.6) is 0 Å². The third-order valence-corrected chi connectivity index (χ3v) is 5.91. The number of thioether (sulfide) groups is 1. The van der Waals surface area contributed by atoms with E-state index in [9.17, 15) is 13.2 Å². The van der Waals surface area contributed by atoms with E-state index in [1.807, 2.05) is 50.3 Å². The van der Waals surface area contributed by atoms with Crippen molar-refractivity contribution in [2.24, 2.45) is 7.05 Å². The number of hydrogen-bond acceptors (Lipinski definition) is 7. The van der Waals surface area contributed by atoms with Gasteiger partial charge < -0.3 is 14.8 Å². The number of rotatable bonds is 8. The van der Waals surface area contributed by atoms with Crippen LogP contribution in [0.2, 0.25) is 0 Å². The highest BCUT2D eigenvalue weighted by Gasteiger charge is 2.13. The third kappa shape index (κ3) is 6.22. The maximum atomic E-state index is 12.3. The molecule has 0 unspecified atom stereocenters. The summed E-state index contributed by atoms with van der Waals surface area (Å²) in [5.41, 5.74) is 3.04. The lowest BCUT2D eigenvalue weighted by atomic mass is 10.2. The SMILES string of the molecule is CN(C)c1ccc(NC(=O)CSc2nnc(-c3ccc(NS(C)(=O)=O)cc3)n2C)cc1. The zero-order valence-corrected chi connectivity index (χ0v) is 19.3. The number of anilines is 3. The van der Waals surface area contributed by atoms with E-state index in [1.54, 1.807) is 28.8 Å². The lowest BCUT2D eigenvalue weighted by Gasteiger charge is -2.13. The van der Waals surface area contributed by atoms with Gasteiger partial charge in [0, 0.05) is 43.8 Å². The smallest absolute Gasteiger partial charge is 0.234 e. The number of carbonyl (C=O) groups excluding carboxylic acids is 1. The minimum Gasteiger partial charge on any atom is -0.378 e. The van der Waals surface area contributed by atoms with Gasteiger partial charge in [-0.1, -0.05) is 11.8 Å². The second kappa shape index (κ2) is 9.40. The molecule has 0 bridgehead atoms. The molecule has 0 radical (unpaired) electrons. The summed E-state index contributed by atoms with van der Waals surface area (Å²) in [5, 5.41) is 11.8. The van der Waals surface area contributed by atoms with Gasteiger partial charge in [-0.2, -0.15) is 0 Å². The van der Waals surface area contributed by atoms with Crippen molar-refractivity contribution in [1.29, 1.82) is 0 Å². The Labute approximate surface area is 185 Å². The molecule has 9 nitrogen and oxygen atoms in total. The van der Waals surface area contributed by atoms with Crippen molar-refractivity contribution in [2.75, 3.05) is 41.0 Å². The summed E-state index contributed by atoms with van der Waals surface area (Å²) in [5.74, 6) is 0.676. The van der Waals surface area contributed by atoms with E-state index in [-0.39, 0.29) is 11.7 Å². The fourth-order valence-corrected chi connectivity index (χ4v) is 4.04. The van der Waals surface area contributed by atoms with Gasteiger partial charge in [0.25, 0.3) is 0 Å². The molecule has 0 saturated heterocycles. The number of nitrogens with one attached hydrogen (secondary N) is 2. The van der Waals surface area contributed by atoms with Crippen LogP contribution in [0.3, 0.4) is 0 Å². The average molecular weight is 461 g/mol. The lowest BCUT2D eigenvalue weighted by molar-refractivity contribution is -0.113. The van der Waals surface area contributed by atoms with E-state index in [0.29, 0.717) is 16.7 Å². The average Bonchev–Trinajstić information content (AvgIpc) is 3.06. The Kier molecular flexibility index (Phi) is 6.86. The number of benzene rings is 2. The van der Waals surface area contributed by atoms with Crippen molar-refractivity contribution in [3.63, 3.8) is 0 Å². The maximum absolute atomic E-state index is 12.3. The predicted molar refractivity (Wildman–Crippen MR) is 125 cm³/mol. The van der Waals surface area contributed by atoms with E-state index >= 15 is 0 Å². The molecule has 2 N–H and O–H groups in total. The monoisotopic (exact) mass is 460 g/mol. The van der Waals surface area contributed by atoms with Crippen LogP contribution in [0.4, 0.5) is 17.1 Å². The van der Waals surface area contributed by atoms with Crippen LogP contribution >= 0.6 is 11.8 Å². The van der Waals surface area contributed by atoms with Crippen LogP contribution in [-0.2, 0) is 21.9 Å². The van der Waals surface area contributed by atoms with Crippen LogP contribution < -0.4 is 14.9 Å². The Morgan fingerprint density at radius 3 is 2.23 bits per heavy atom. The predicted octanol–water partition coefficient (Wildman–Crippen LogP) is 2.65. The van der Waals surface area contributed by atoms with Crippen molar-refractivity contribution in [3.8, 4) is 11.4 Å². The fraction of sp³-hybridized carbons (Fsp3) is 0.250. The van der Waals surface area contributed by atoms with Crippen LogP contribution in [0.1, 0.15) is 0 Å². The van der Waals surface area contributed by atoms with Gasteiger partial charge in [0.15, 0.2) is 11.0 Å². The summed E-state index contributed by atoms with van der Waals surface area (Å²) in [6, 6.07) is 14.4. The number of aromatic nitrogens is 3. The molecule has 1 aromatic heterocycles. The van der Waals surface area contributed by atoms with Gasteiger partial charge in [-0.3, -0.25) is 9.52 Å². The molecule has 0 aliphatic rings. The summed E-state index contributed by atoms with van der Waals surface area (Å²) in [7, 11) is 2.41. The standard InChI is InChI=1S/C20H24N6O3S2/c1-25(2)17-11-9-15(10-12-17)21-18(27)13-30-20-23-22-19(26(20)3)14-5-7-16(8-6-14)24-31(4,28)29/h5-12,24H,13H2,1-4H3,(H,21,27). The van der Waals surface area contributed by atoms with Gasteiger partial charge in [-0.15, -0.1) is 10.2 Å². The maximum Gasteiger partial charge on any atom is 0.234 e. The first-order valence-corrected chi connectivity index (χ1v) is 12.2. The van der Waals surface area contributed by atoms with Crippen molar-refractivity contribution in [1.82, 2.24) is 14.8 Å². The Morgan fingerprint density at radius 1 is 1.03 bits per heavy atom. The first kappa shape index (κ1) is 22.6. The van der Waals surface area contributed by atoms with Gasteiger partial charge >= 0.3 is 0 Å². The summed E-state index contributed by atoms with van der Waals surface area (Å²) in [4.78, 5) is 14.3. The van der Waals surface area contributed by atoms with Crippen LogP contribution in [0, 0.1) is 0 Å². The van der Waals surface area contributed by atoms with Crippen molar-refractivity contribution < 1.29 is 13.2 Å². The molecule has 0 aliphatic carbocycles. The molecule has 31 heavy (non-hydrogen) atoms. The summed E-state index contributed by atoms with van der Waals surface area (Å²) in [6.45, 7) is 0. The van der Waals surface area contributed by atoms with E-state index in [0.717, 1.165) is 23.2 Å². The molecule has 0 atom stereocenters. The molecule has 11 heteroatoms. The van der Waals surface area contributed by atoms with Gasteiger partial charge in [0.2, 0.25) is 15.9 Å². The number of hydrogen-bond donors (Lipinski definition) is 2. The summed E-state index contributed by atoms with van der Waals surface area (Å²) in [6.07, 6.45) is 1.10. The quantitative estimate of drug-likeness (QED) is 0.497. The number of amides is 1. The highest BCUT2D eigenvalue weighted by Crippen LogP contribution is 2.24. The first-order chi connectivity index (χ1) is 14.6. The minimum absolute atomic E-state index is 0.136. The highest BCUT2D eigenvalue weighted by molar-refractivity contribution is 7.99. The molecular formula is C20H24N6O3S2. The summed E-state index contributed by atoms with van der Waals surface area (Å²) < 4.78 is 26.9. The topological polar surface area (TPSA) is 109 Å². The molecular weight excluding hydrogens is 436 g/mol. The molecule has 0 spiro atoms. The van der Waals surface area contributed by atoms with Gasteiger partial charge in [-0.25, -0.2) is 8.42 Å². The number of sulfonamides is 1. The highest BCUT2D eigenvalue weighted by atomic mass is 32.2. The second-order valence-corrected chi connectivity index (χ2v) is 9.79. The molecule has 0 aliphatic heterocycles. The van der Waals surface area contributed by atoms with E-state index in [2.05, 4.69) is 20.2 Å². The Bertz CT molecular complexity index is 1160. The minimum atomic E-state index is -3.33. The Morgan fingerprint density at radius 2 is 1.65 bits per heavy atom. The van der Waals surface area contributed by atoms with Crippen molar-refractivity contribution >= 4 is 44.8 Å². The number of nitrogens with zero attached hydrogens (tertiary/aromatic N) is 4. The molecule has 2 aromatic carbocycles. The molecule has 0 fully saturated rings. The van der Waals surface area contributed by atoms with E-state index < -0.39 is 10.0 Å². The molecule has 3 aromatic rings. The molecule has 0 saturated carbocycles. The van der Waals surface area contributed by atoms with Crippen molar-refractivity contribution in [3.05, 3.63) is 48.5 Å². The van der Waals surface area contributed by atoms with Crippen LogP contribution in [-0.4, -0.2) is 55.2 Å². The molecule has 3 rings (SSSR count). The lowest BCUT2D eigenvalue weighted by Crippen LogP contribution is -2.15. The fourth-order valence-electron chi connectivity index (χ4n) is 2.76. The number of carbonyl (C=O) groups is 1. The third-order valence-electron chi connectivity index (χ3n) is 4.28. The first-order valence-electron chi connectivity index (χ1n) is 9.30. The Hall–Kier alpha value is -3.05. The van der Waals surface area contributed by atoms with Crippen molar-refractivity contribution in [2.45, 2.75) is 5.16 Å². The summed E-state index contributed by atoms with van der Waals surface area (Å²) >= 11 is 1.29. The largest absolute Gasteiger partial charge is 0.378 e. The van der Waals surface area contributed by atoms with Gasteiger partial charge in [0.05, 0.1) is 12.0 Å². The normalized spacial score (nSPS) is 11.2. The van der Waals surface area contributed by atoms with Crippen LogP contribution in [0.25, 0.3) is 11.4 Å². The zero-order valence-electron chi connectivity index (χ0n) is 17.7. The molecule has 164 valence electrons. The van der Waals surface area contributed by atoms with Crippen LogP contribution in [0.15, 0.2) is 53.7 Å². The van der Waals surface area contributed by atoms with E-state index in [1.165, 1.54) is 11.8 Å². The Balaban J connectivity index is 1.60. The molecule has 1 heterocycles. The second-order valence-electron chi connectivity index (χ2n) is 7.09.